The maximum absolute atomic E-state index is 5.67. The van der Waals surface area contributed by atoms with E-state index in [9.17, 15) is 0 Å². The Morgan fingerprint density at radius 3 is 2.47 bits per heavy atom. The standard InChI is InChI=1S/C12H8OS.Na/c14-8-5-6-10-9-3-1-2-4-11(9)13-12(10)7-8;/h1-7,14H;/q;+1/p-1. The van der Waals surface area contributed by atoms with Crippen LogP contribution >= 0.6 is 0 Å². The molecular weight excluding hydrogens is 215 g/mol. The van der Waals surface area contributed by atoms with Gasteiger partial charge in [-0.05, 0) is 12.1 Å². The van der Waals surface area contributed by atoms with E-state index < -0.39 is 0 Å². The molecule has 0 radical (unpaired) electrons. The van der Waals surface area contributed by atoms with Crippen LogP contribution in [-0.4, -0.2) is 0 Å². The van der Waals surface area contributed by atoms with Crippen molar-refractivity contribution in [2.24, 2.45) is 0 Å². The molecular formula is C12H7NaOS. The van der Waals surface area contributed by atoms with Crippen LogP contribution in [0.15, 0.2) is 51.8 Å². The minimum atomic E-state index is 0. The first kappa shape index (κ1) is 11.0. The molecule has 3 heteroatoms. The predicted molar refractivity (Wildman–Crippen MR) is 59.4 cm³/mol. The number of hydrogen-bond donors (Lipinski definition) is 0. The average Bonchev–Trinajstić information content (AvgIpc) is 2.54. The molecule has 0 amide bonds. The summed E-state index contributed by atoms with van der Waals surface area (Å²) in [4.78, 5) is 0.816. The molecule has 68 valence electrons. The third kappa shape index (κ3) is 1.79. The van der Waals surface area contributed by atoms with Gasteiger partial charge in [0.15, 0.2) is 0 Å². The summed E-state index contributed by atoms with van der Waals surface area (Å²) in [6.45, 7) is 0. The minimum absolute atomic E-state index is 0. The summed E-state index contributed by atoms with van der Waals surface area (Å²) >= 11 is 5.08. The average molecular weight is 222 g/mol. The fourth-order valence-electron chi connectivity index (χ4n) is 1.71. The molecule has 0 spiro atoms. The van der Waals surface area contributed by atoms with Crippen molar-refractivity contribution in [1.29, 1.82) is 0 Å². The van der Waals surface area contributed by atoms with Crippen LogP contribution in [0.1, 0.15) is 0 Å². The van der Waals surface area contributed by atoms with Gasteiger partial charge in [0.25, 0.3) is 0 Å². The number of benzene rings is 2. The molecule has 0 saturated carbocycles. The van der Waals surface area contributed by atoms with E-state index >= 15 is 0 Å². The normalized spacial score (nSPS) is 10.4. The van der Waals surface area contributed by atoms with Gasteiger partial charge in [0.2, 0.25) is 0 Å². The van der Waals surface area contributed by atoms with Crippen molar-refractivity contribution in [3.8, 4) is 0 Å². The summed E-state index contributed by atoms with van der Waals surface area (Å²) in [6, 6.07) is 13.9. The van der Waals surface area contributed by atoms with Crippen molar-refractivity contribution in [2.75, 3.05) is 0 Å². The molecule has 0 fully saturated rings. The van der Waals surface area contributed by atoms with Gasteiger partial charge >= 0.3 is 29.6 Å². The van der Waals surface area contributed by atoms with Crippen LogP contribution in [0.4, 0.5) is 0 Å². The van der Waals surface area contributed by atoms with Gasteiger partial charge in [-0.25, -0.2) is 0 Å². The van der Waals surface area contributed by atoms with Gasteiger partial charge < -0.3 is 17.0 Å². The Hall–Kier alpha value is -0.540. The molecule has 0 bridgehead atoms. The molecule has 1 heterocycles. The number of fused-ring (bicyclic) bond motifs is 3. The second kappa shape index (κ2) is 4.14. The van der Waals surface area contributed by atoms with Crippen LogP contribution in [0.25, 0.3) is 21.9 Å². The minimum Gasteiger partial charge on any atom is -0.780 e. The van der Waals surface area contributed by atoms with E-state index in [1.165, 1.54) is 0 Å². The van der Waals surface area contributed by atoms with E-state index in [0.717, 1.165) is 26.8 Å². The molecule has 0 aliphatic carbocycles. The van der Waals surface area contributed by atoms with Crippen LogP contribution in [0.2, 0.25) is 0 Å². The summed E-state index contributed by atoms with van der Waals surface area (Å²) in [5.74, 6) is 0. The Morgan fingerprint density at radius 2 is 1.60 bits per heavy atom. The number of rotatable bonds is 0. The fourth-order valence-corrected chi connectivity index (χ4v) is 1.88. The maximum atomic E-state index is 5.67. The molecule has 0 N–H and O–H groups in total. The SMILES string of the molecule is [Na+].[S-]c1ccc2c(c1)oc1ccccc12. The van der Waals surface area contributed by atoms with Gasteiger partial charge in [-0.3, -0.25) is 0 Å². The van der Waals surface area contributed by atoms with Crippen molar-refractivity contribution >= 4 is 34.6 Å². The van der Waals surface area contributed by atoms with Crippen LogP contribution in [0.5, 0.6) is 0 Å². The van der Waals surface area contributed by atoms with Gasteiger partial charge in [0.05, 0.1) is 0 Å². The summed E-state index contributed by atoms with van der Waals surface area (Å²) in [6.07, 6.45) is 0. The monoisotopic (exact) mass is 222 g/mol. The molecule has 0 saturated heterocycles. The number of hydrogen-bond acceptors (Lipinski definition) is 2. The first-order valence-corrected chi connectivity index (χ1v) is 4.84. The van der Waals surface area contributed by atoms with Crippen molar-refractivity contribution in [3.05, 3.63) is 42.5 Å². The number of furan rings is 1. The van der Waals surface area contributed by atoms with E-state index in [1.54, 1.807) is 0 Å². The summed E-state index contributed by atoms with van der Waals surface area (Å²) in [5.41, 5.74) is 1.79. The van der Waals surface area contributed by atoms with Crippen LogP contribution in [0, 0.1) is 0 Å². The zero-order valence-electron chi connectivity index (χ0n) is 8.36. The van der Waals surface area contributed by atoms with Gasteiger partial charge in [-0.2, -0.15) is 4.90 Å². The topological polar surface area (TPSA) is 13.1 Å². The Balaban J connectivity index is 0.000000853. The van der Waals surface area contributed by atoms with E-state index in [4.69, 9.17) is 17.0 Å². The Bertz CT molecular complexity index is 615. The first-order chi connectivity index (χ1) is 6.84. The Labute approximate surface area is 115 Å². The second-order valence-corrected chi connectivity index (χ2v) is 3.73. The molecule has 1 nitrogen and oxygen atoms in total. The first-order valence-electron chi connectivity index (χ1n) is 4.43. The third-order valence-corrected chi connectivity index (χ3v) is 2.60. The zero-order valence-corrected chi connectivity index (χ0v) is 11.2. The van der Waals surface area contributed by atoms with Gasteiger partial charge in [-0.15, -0.1) is 0 Å². The van der Waals surface area contributed by atoms with E-state index in [2.05, 4.69) is 6.07 Å². The quantitative estimate of drug-likeness (QED) is 0.406. The number of para-hydroxylation sites is 1. The molecule has 3 rings (SSSR count). The molecule has 0 aliphatic heterocycles. The molecule has 2 aromatic carbocycles. The summed E-state index contributed by atoms with van der Waals surface area (Å²) in [5, 5.41) is 2.28. The molecule has 15 heavy (non-hydrogen) atoms. The maximum Gasteiger partial charge on any atom is 1.00 e. The van der Waals surface area contributed by atoms with Gasteiger partial charge in [-0.1, -0.05) is 30.3 Å². The largest absolute Gasteiger partial charge is 1.00 e. The smallest absolute Gasteiger partial charge is 0.780 e. The van der Waals surface area contributed by atoms with Crippen molar-refractivity contribution in [3.63, 3.8) is 0 Å². The van der Waals surface area contributed by atoms with Crippen molar-refractivity contribution < 1.29 is 34.0 Å². The van der Waals surface area contributed by atoms with Crippen LogP contribution < -0.4 is 29.6 Å². The molecule has 0 aliphatic rings. The molecule has 0 unspecified atom stereocenters. The summed E-state index contributed by atoms with van der Waals surface area (Å²) in [7, 11) is 0. The molecule has 1 aromatic heterocycles. The Kier molecular flexibility index (Phi) is 3.03. The van der Waals surface area contributed by atoms with Crippen LogP contribution in [0.3, 0.4) is 0 Å². The zero-order chi connectivity index (χ0) is 9.54. The van der Waals surface area contributed by atoms with Gasteiger partial charge in [0, 0.05) is 10.8 Å². The second-order valence-electron chi connectivity index (χ2n) is 3.26. The fraction of sp³-hybridized carbons (Fsp3) is 0. The van der Waals surface area contributed by atoms with E-state index in [0.29, 0.717) is 0 Å². The predicted octanol–water partition coefficient (Wildman–Crippen LogP) is 0.496. The van der Waals surface area contributed by atoms with Gasteiger partial charge in [0.1, 0.15) is 11.2 Å². The van der Waals surface area contributed by atoms with E-state index in [1.807, 2.05) is 36.4 Å². The van der Waals surface area contributed by atoms with E-state index in [-0.39, 0.29) is 29.6 Å². The van der Waals surface area contributed by atoms with Crippen molar-refractivity contribution in [1.82, 2.24) is 0 Å². The molecule has 3 aromatic rings. The molecule has 0 atom stereocenters. The third-order valence-electron chi connectivity index (χ3n) is 2.35. The summed E-state index contributed by atoms with van der Waals surface area (Å²) < 4.78 is 5.67. The van der Waals surface area contributed by atoms with Crippen LogP contribution in [-0.2, 0) is 12.6 Å². The Morgan fingerprint density at radius 1 is 0.867 bits per heavy atom. The van der Waals surface area contributed by atoms with Crippen molar-refractivity contribution in [2.45, 2.75) is 4.90 Å².